The lowest BCUT2D eigenvalue weighted by Gasteiger charge is -2.26. The summed E-state index contributed by atoms with van der Waals surface area (Å²) in [5, 5.41) is 24.7. The van der Waals surface area contributed by atoms with Gasteiger partial charge in [0.2, 0.25) is 5.75 Å². The van der Waals surface area contributed by atoms with Crippen LogP contribution in [0.3, 0.4) is 0 Å². The smallest absolute Gasteiger partial charge is 0.335 e. The summed E-state index contributed by atoms with van der Waals surface area (Å²) >= 11 is 6.11. The van der Waals surface area contributed by atoms with Crippen molar-refractivity contribution in [2.75, 3.05) is 4.90 Å². The molecular weight excluding hydrogens is 508 g/mol. The van der Waals surface area contributed by atoms with Crippen molar-refractivity contribution in [3.63, 3.8) is 0 Å². The molecule has 0 saturated carbocycles. The Kier molecular flexibility index (Phi) is 6.67. The summed E-state index contributed by atoms with van der Waals surface area (Å²) in [6.07, 6.45) is 1.27. The van der Waals surface area contributed by atoms with Gasteiger partial charge in [-0.2, -0.15) is 0 Å². The second kappa shape index (κ2) is 9.87. The van der Waals surface area contributed by atoms with Crippen molar-refractivity contribution < 1.29 is 29.0 Å². The predicted octanol–water partition coefficient (Wildman–Crippen LogP) is 4.92. The number of rotatable bonds is 6. The molecule has 186 valence electrons. The van der Waals surface area contributed by atoms with Crippen LogP contribution in [0, 0.1) is 27.2 Å². The first-order valence-electron chi connectivity index (χ1n) is 10.4. The Morgan fingerprint density at radius 1 is 0.946 bits per heavy atom. The molecule has 1 heterocycles. The van der Waals surface area contributed by atoms with Gasteiger partial charge >= 0.3 is 11.7 Å². The molecule has 3 aromatic rings. The molecule has 4 rings (SSSR count). The van der Waals surface area contributed by atoms with Gasteiger partial charge in [-0.05, 0) is 54.5 Å². The number of nitrogens with one attached hydrogen (secondary N) is 1. The van der Waals surface area contributed by atoms with Crippen molar-refractivity contribution in [1.29, 1.82) is 0 Å². The number of anilines is 1. The maximum atomic E-state index is 13.0. The van der Waals surface area contributed by atoms with E-state index in [2.05, 4.69) is 5.32 Å². The number of nitrogens with zero attached hydrogens (tertiary/aromatic N) is 3. The average molecular weight is 523 g/mol. The molecule has 1 aliphatic rings. The van der Waals surface area contributed by atoms with Crippen molar-refractivity contribution in [3.8, 4) is 11.5 Å². The molecule has 1 saturated heterocycles. The first-order chi connectivity index (χ1) is 17.5. The summed E-state index contributed by atoms with van der Waals surface area (Å²) in [6.45, 7) is 1.76. The van der Waals surface area contributed by atoms with Gasteiger partial charge in [0.15, 0.2) is 0 Å². The third kappa shape index (κ3) is 5.13. The number of non-ortho nitro benzene ring substituents is 1. The van der Waals surface area contributed by atoms with Gasteiger partial charge < -0.3 is 4.74 Å². The number of halogens is 1. The molecule has 4 amide bonds. The summed E-state index contributed by atoms with van der Waals surface area (Å²) in [6, 6.07) is 12.4. The molecule has 0 unspecified atom stereocenters. The van der Waals surface area contributed by atoms with Gasteiger partial charge in [0, 0.05) is 11.1 Å². The van der Waals surface area contributed by atoms with Crippen LogP contribution in [0.15, 0.2) is 66.2 Å². The van der Waals surface area contributed by atoms with Crippen LogP contribution in [0.5, 0.6) is 11.5 Å². The minimum Gasteiger partial charge on any atom is -0.450 e. The van der Waals surface area contributed by atoms with Crippen molar-refractivity contribution >= 4 is 52.6 Å². The Morgan fingerprint density at radius 2 is 1.65 bits per heavy atom. The van der Waals surface area contributed by atoms with Gasteiger partial charge in [-0.3, -0.25) is 35.1 Å². The van der Waals surface area contributed by atoms with E-state index in [4.69, 9.17) is 16.3 Å². The molecular formula is C24H15ClN4O8. The minimum atomic E-state index is -0.916. The second-order valence-corrected chi connectivity index (χ2v) is 8.14. The lowest BCUT2D eigenvalue weighted by atomic mass is 10.1. The highest BCUT2D eigenvalue weighted by Crippen LogP contribution is 2.34. The Bertz CT molecular complexity index is 1520. The number of carbonyl (C=O) groups is 3. The number of urea groups is 1. The van der Waals surface area contributed by atoms with Crippen LogP contribution >= 0.6 is 11.6 Å². The van der Waals surface area contributed by atoms with Gasteiger partial charge in [0.05, 0.1) is 21.6 Å². The van der Waals surface area contributed by atoms with Gasteiger partial charge in [-0.15, -0.1) is 0 Å². The Morgan fingerprint density at radius 3 is 2.27 bits per heavy atom. The molecule has 0 atom stereocenters. The number of aryl methyl sites for hydroxylation is 1. The lowest BCUT2D eigenvalue weighted by molar-refractivity contribution is -0.394. The standard InChI is InChI=1S/C24H15ClN4O8/c1-13-2-5-15(11-19(13)25)27-23(31)18(22(30)26-24(27)32)10-14-3-7-17(8-4-14)37-21-9-6-16(28(33)34)12-20(21)29(35)36/h2-12H,1H3,(H,26,30,32)/b18-10+. The predicted molar refractivity (Wildman–Crippen MR) is 131 cm³/mol. The molecule has 37 heavy (non-hydrogen) atoms. The third-order valence-corrected chi connectivity index (χ3v) is 5.69. The van der Waals surface area contributed by atoms with E-state index in [-0.39, 0.29) is 22.8 Å². The quantitative estimate of drug-likeness (QED) is 0.206. The molecule has 12 nitrogen and oxygen atoms in total. The van der Waals surface area contributed by atoms with Crippen molar-refractivity contribution in [3.05, 3.63) is 103 Å². The molecule has 0 aliphatic carbocycles. The van der Waals surface area contributed by atoms with Gasteiger partial charge in [-0.25, -0.2) is 9.69 Å². The number of hydrogen-bond donors (Lipinski definition) is 1. The van der Waals surface area contributed by atoms with Crippen molar-refractivity contribution in [2.45, 2.75) is 6.92 Å². The molecule has 3 aromatic carbocycles. The van der Waals surface area contributed by atoms with E-state index in [1.807, 2.05) is 0 Å². The van der Waals surface area contributed by atoms with Gasteiger partial charge in [-0.1, -0.05) is 29.8 Å². The number of carbonyl (C=O) groups excluding carboxylic acids is 3. The lowest BCUT2D eigenvalue weighted by Crippen LogP contribution is -2.54. The minimum absolute atomic E-state index is 0.157. The summed E-state index contributed by atoms with van der Waals surface area (Å²) < 4.78 is 5.51. The zero-order valence-electron chi connectivity index (χ0n) is 18.8. The molecule has 0 aromatic heterocycles. The highest BCUT2D eigenvalue weighted by Gasteiger charge is 2.37. The fraction of sp³-hybridized carbons (Fsp3) is 0.0417. The molecule has 0 spiro atoms. The molecule has 1 aliphatic heterocycles. The molecule has 13 heteroatoms. The van der Waals surface area contributed by atoms with Crippen LogP contribution in [-0.4, -0.2) is 27.7 Å². The number of hydrogen-bond acceptors (Lipinski definition) is 8. The Labute approximate surface area is 213 Å². The van der Waals surface area contributed by atoms with Gasteiger partial charge in [0.1, 0.15) is 11.3 Å². The number of nitro groups is 2. The Balaban J connectivity index is 1.59. The van der Waals surface area contributed by atoms with E-state index in [9.17, 15) is 34.6 Å². The molecule has 0 radical (unpaired) electrons. The zero-order valence-corrected chi connectivity index (χ0v) is 19.6. The highest BCUT2D eigenvalue weighted by molar-refractivity contribution is 6.39. The van der Waals surface area contributed by atoms with E-state index < -0.39 is 39.1 Å². The van der Waals surface area contributed by atoms with Crippen molar-refractivity contribution in [1.82, 2.24) is 5.32 Å². The first kappa shape index (κ1) is 25.0. The number of nitro benzene ring substituents is 2. The van der Waals surface area contributed by atoms with E-state index in [0.29, 0.717) is 10.6 Å². The average Bonchev–Trinajstić information content (AvgIpc) is 2.84. The second-order valence-electron chi connectivity index (χ2n) is 7.73. The number of amides is 4. The van der Waals surface area contributed by atoms with Crippen LogP contribution in [0.2, 0.25) is 5.02 Å². The fourth-order valence-electron chi connectivity index (χ4n) is 3.39. The maximum absolute atomic E-state index is 13.0. The van der Waals surface area contributed by atoms with Crippen LogP contribution in [0.1, 0.15) is 11.1 Å². The number of ether oxygens (including phenoxy) is 1. The summed E-state index contributed by atoms with van der Waals surface area (Å²) in [5.41, 5.74) is -0.0487. The van der Waals surface area contributed by atoms with Crippen molar-refractivity contribution in [2.24, 2.45) is 0 Å². The maximum Gasteiger partial charge on any atom is 0.335 e. The van der Waals surface area contributed by atoms with Crippen LogP contribution in [0.4, 0.5) is 21.9 Å². The van der Waals surface area contributed by atoms with Crippen LogP contribution in [-0.2, 0) is 9.59 Å². The number of barbiturate groups is 1. The van der Waals surface area contributed by atoms with Gasteiger partial charge in [0.25, 0.3) is 17.5 Å². The fourth-order valence-corrected chi connectivity index (χ4v) is 3.56. The van der Waals surface area contributed by atoms with Crippen LogP contribution in [0.25, 0.3) is 6.08 Å². The van der Waals surface area contributed by atoms with Crippen LogP contribution < -0.4 is 15.0 Å². The molecule has 1 N–H and O–H groups in total. The monoisotopic (exact) mass is 522 g/mol. The summed E-state index contributed by atoms with van der Waals surface area (Å²) in [7, 11) is 0. The van der Waals surface area contributed by atoms with E-state index in [1.165, 1.54) is 42.5 Å². The normalized spacial score (nSPS) is 14.5. The largest absolute Gasteiger partial charge is 0.450 e. The first-order valence-corrected chi connectivity index (χ1v) is 10.8. The topological polar surface area (TPSA) is 162 Å². The SMILES string of the molecule is Cc1ccc(N2C(=O)NC(=O)/C(=C\c3ccc(Oc4ccc([N+](=O)[O-])cc4[N+](=O)[O-])cc3)C2=O)cc1Cl. The number of imide groups is 2. The summed E-state index contributed by atoms with van der Waals surface area (Å²) in [4.78, 5) is 59.2. The van der Waals surface area contributed by atoms with E-state index in [1.54, 1.807) is 13.0 Å². The molecule has 0 bridgehead atoms. The third-order valence-electron chi connectivity index (χ3n) is 5.28. The van der Waals surface area contributed by atoms with E-state index in [0.717, 1.165) is 28.7 Å². The zero-order chi connectivity index (χ0) is 26.9. The number of benzene rings is 3. The highest BCUT2D eigenvalue weighted by atomic mass is 35.5. The molecule has 1 fully saturated rings. The van der Waals surface area contributed by atoms with E-state index >= 15 is 0 Å². The summed E-state index contributed by atoms with van der Waals surface area (Å²) in [5.74, 6) is -1.79. The Hall–Kier alpha value is -5.10.